The number of aromatic nitrogens is 3. The zero-order valence-electron chi connectivity index (χ0n) is 17.0. The Labute approximate surface area is 182 Å². The van der Waals surface area contributed by atoms with Crippen molar-refractivity contribution in [3.05, 3.63) is 57.2 Å². The van der Waals surface area contributed by atoms with E-state index in [9.17, 15) is 13.6 Å². The Hall–Kier alpha value is -2.78. The van der Waals surface area contributed by atoms with Gasteiger partial charge in [0.15, 0.2) is 11.8 Å². The van der Waals surface area contributed by atoms with E-state index in [1.165, 1.54) is 12.1 Å². The first-order valence-corrected chi connectivity index (χ1v) is 10.3. The zero-order valence-corrected chi connectivity index (χ0v) is 17.7. The molecule has 2 aliphatic rings. The van der Waals surface area contributed by atoms with Crippen molar-refractivity contribution >= 4 is 23.2 Å². The Balaban J connectivity index is 1.44. The molecule has 0 spiro atoms. The number of rotatable bonds is 3. The summed E-state index contributed by atoms with van der Waals surface area (Å²) < 4.78 is 35.2. The first-order chi connectivity index (χ1) is 14.8. The van der Waals surface area contributed by atoms with Crippen LogP contribution >= 0.6 is 11.6 Å². The van der Waals surface area contributed by atoms with Gasteiger partial charge in [0.25, 0.3) is 5.91 Å². The SMILES string of the molecule is Cc1nc2c3c(nn2c(C)c1Cl)CN(C(=O)c1ccc(F)cc1OC1CNCC1F)C3. The van der Waals surface area contributed by atoms with Gasteiger partial charge in [0, 0.05) is 24.7 Å². The predicted octanol–water partition coefficient (Wildman–Crippen LogP) is 2.98. The van der Waals surface area contributed by atoms with Crippen molar-refractivity contribution in [2.24, 2.45) is 0 Å². The van der Waals surface area contributed by atoms with E-state index in [1.807, 2.05) is 13.8 Å². The molecular weight excluding hydrogens is 428 g/mol. The van der Waals surface area contributed by atoms with Crippen LogP contribution in [0.5, 0.6) is 5.75 Å². The molecule has 2 unspecified atom stereocenters. The van der Waals surface area contributed by atoms with Crippen LogP contribution in [0.4, 0.5) is 8.78 Å². The molecule has 1 amide bonds. The number of carbonyl (C=O) groups is 1. The highest BCUT2D eigenvalue weighted by Crippen LogP contribution is 2.32. The lowest BCUT2D eigenvalue weighted by atomic mass is 10.1. The highest BCUT2D eigenvalue weighted by Gasteiger charge is 2.33. The Kier molecular flexibility index (Phi) is 4.82. The van der Waals surface area contributed by atoms with Gasteiger partial charge in [-0.15, -0.1) is 0 Å². The number of amides is 1. The number of nitrogens with zero attached hydrogens (tertiary/aromatic N) is 4. The third-order valence-electron chi connectivity index (χ3n) is 5.78. The third-order valence-corrected chi connectivity index (χ3v) is 6.33. The normalized spacial score (nSPS) is 20.5. The lowest BCUT2D eigenvalue weighted by Crippen LogP contribution is -2.30. The van der Waals surface area contributed by atoms with Gasteiger partial charge in [-0.25, -0.2) is 18.3 Å². The molecule has 0 radical (unpaired) electrons. The molecule has 0 bridgehead atoms. The summed E-state index contributed by atoms with van der Waals surface area (Å²) in [5.74, 6) is -0.853. The quantitative estimate of drug-likeness (QED) is 0.668. The Morgan fingerprint density at radius 1 is 1.29 bits per heavy atom. The fourth-order valence-electron chi connectivity index (χ4n) is 4.10. The molecule has 31 heavy (non-hydrogen) atoms. The molecule has 1 aromatic carbocycles. The second-order valence-electron chi connectivity index (χ2n) is 7.89. The lowest BCUT2D eigenvalue weighted by molar-refractivity contribution is 0.0737. The molecule has 162 valence electrons. The summed E-state index contributed by atoms with van der Waals surface area (Å²) in [4.78, 5) is 19.4. The van der Waals surface area contributed by atoms with Crippen molar-refractivity contribution < 1.29 is 18.3 Å². The molecule has 5 rings (SSSR count). The van der Waals surface area contributed by atoms with Crippen LogP contribution < -0.4 is 10.1 Å². The summed E-state index contributed by atoms with van der Waals surface area (Å²) in [5, 5.41) is 8.02. The zero-order chi connectivity index (χ0) is 21.9. The molecule has 0 saturated carbocycles. The van der Waals surface area contributed by atoms with Crippen molar-refractivity contribution in [3.8, 4) is 5.75 Å². The van der Waals surface area contributed by atoms with Gasteiger partial charge in [-0.2, -0.15) is 5.10 Å². The van der Waals surface area contributed by atoms with Crippen molar-refractivity contribution in [2.75, 3.05) is 13.1 Å². The number of aryl methyl sites for hydroxylation is 2. The smallest absolute Gasteiger partial charge is 0.258 e. The lowest BCUT2D eigenvalue weighted by Gasteiger charge is -2.21. The molecule has 1 saturated heterocycles. The summed E-state index contributed by atoms with van der Waals surface area (Å²) >= 11 is 6.29. The van der Waals surface area contributed by atoms with Crippen LogP contribution in [-0.4, -0.2) is 50.8 Å². The highest BCUT2D eigenvalue weighted by molar-refractivity contribution is 6.31. The predicted molar refractivity (Wildman–Crippen MR) is 110 cm³/mol. The number of hydrogen-bond acceptors (Lipinski definition) is 5. The number of fused-ring (bicyclic) bond motifs is 3. The second-order valence-corrected chi connectivity index (χ2v) is 8.27. The van der Waals surface area contributed by atoms with E-state index in [-0.39, 0.29) is 30.3 Å². The van der Waals surface area contributed by atoms with Gasteiger partial charge in [-0.3, -0.25) is 4.79 Å². The number of carbonyl (C=O) groups excluding carboxylic acids is 1. The van der Waals surface area contributed by atoms with Gasteiger partial charge < -0.3 is 15.0 Å². The number of halogens is 3. The van der Waals surface area contributed by atoms with E-state index >= 15 is 0 Å². The number of ether oxygens (including phenoxy) is 1. The summed E-state index contributed by atoms with van der Waals surface area (Å²) in [6.07, 6.45) is -1.99. The molecule has 2 aliphatic heterocycles. The van der Waals surface area contributed by atoms with Gasteiger partial charge in [-0.05, 0) is 26.0 Å². The Bertz CT molecular complexity index is 1210. The van der Waals surface area contributed by atoms with Crippen LogP contribution in [0.25, 0.3) is 5.65 Å². The third kappa shape index (κ3) is 3.32. The largest absolute Gasteiger partial charge is 0.485 e. The van der Waals surface area contributed by atoms with Crippen LogP contribution in [0, 0.1) is 19.7 Å². The van der Waals surface area contributed by atoms with Crippen LogP contribution in [-0.2, 0) is 13.1 Å². The minimum absolute atomic E-state index is 0.0386. The number of alkyl halides is 1. The van der Waals surface area contributed by atoms with E-state index in [1.54, 1.807) is 9.42 Å². The van der Waals surface area contributed by atoms with Crippen LogP contribution in [0.15, 0.2) is 18.2 Å². The van der Waals surface area contributed by atoms with E-state index in [0.717, 1.165) is 23.0 Å². The maximum absolute atomic E-state index is 14.0. The van der Waals surface area contributed by atoms with E-state index < -0.39 is 18.1 Å². The average molecular weight is 448 g/mol. The minimum Gasteiger partial charge on any atom is -0.485 e. The maximum atomic E-state index is 14.0. The first-order valence-electron chi connectivity index (χ1n) is 9.97. The van der Waals surface area contributed by atoms with Gasteiger partial charge in [0.2, 0.25) is 0 Å². The van der Waals surface area contributed by atoms with Gasteiger partial charge in [-0.1, -0.05) is 11.6 Å². The van der Waals surface area contributed by atoms with Gasteiger partial charge in [0.1, 0.15) is 17.7 Å². The highest BCUT2D eigenvalue weighted by atomic mass is 35.5. The molecule has 4 heterocycles. The molecule has 2 atom stereocenters. The molecule has 1 N–H and O–H groups in total. The minimum atomic E-state index is -1.22. The molecular formula is C21H20ClF2N5O2. The Morgan fingerprint density at radius 3 is 2.84 bits per heavy atom. The standard InChI is InChI=1S/C21H20ClF2N5O2/c1-10-19(22)11(2)29-20(26-10)14-8-28(9-16(14)27-29)21(30)13-4-3-12(23)5-17(13)31-18-7-25-6-15(18)24/h3-5,15,18,25H,6-9H2,1-2H3. The topological polar surface area (TPSA) is 71.8 Å². The molecule has 2 aromatic heterocycles. The van der Waals surface area contributed by atoms with Crippen molar-refractivity contribution in [2.45, 2.75) is 39.2 Å². The van der Waals surface area contributed by atoms with E-state index in [2.05, 4.69) is 15.4 Å². The number of nitrogens with one attached hydrogen (secondary N) is 1. The second kappa shape index (κ2) is 7.42. The van der Waals surface area contributed by atoms with Crippen LogP contribution in [0.2, 0.25) is 5.02 Å². The summed E-state index contributed by atoms with van der Waals surface area (Å²) in [6, 6.07) is 3.70. The monoisotopic (exact) mass is 447 g/mol. The summed E-state index contributed by atoms with van der Waals surface area (Å²) in [6.45, 7) is 4.74. The van der Waals surface area contributed by atoms with Crippen molar-refractivity contribution in [3.63, 3.8) is 0 Å². The fraction of sp³-hybridized carbons (Fsp3) is 0.381. The fourth-order valence-corrected chi connectivity index (χ4v) is 4.22. The molecule has 1 fully saturated rings. The van der Waals surface area contributed by atoms with E-state index in [0.29, 0.717) is 29.5 Å². The van der Waals surface area contributed by atoms with Gasteiger partial charge in [0.05, 0.1) is 40.8 Å². The Morgan fingerprint density at radius 2 is 2.10 bits per heavy atom. The maximum Gasteiger partial charge on any atom is 0.258 e. The summed E-state index contributed by atoms with van der Waals surface area (Å²) in [7, 11) is 0. The first kappa shape index (κ1) is 20.1. The molecule has 3 aromatic rings. The number of hydrogen-bond donors (Lipinski definition) is 1. The number of benzene rings is 1. The summed E-state index contributed by atoms with van der Waals surface area (Å²) in [5.41, 5.74) is 3.92. The van der Waals surface area contributed by atoms with Crippen molar-refractivity contribution in [1.82, 2.24) is 24.8 Å². The molecule has 10 heteroatoms. The van der Waals surface area contributed by atoms with Crippen molar-refractivity contribution in [1.29, 1.82) is 0 Å². The molecule has 0 aliphatic carbocycles. The van der Waals surface area contributed by atoms with Crippen LogP contribution in [0.1, 0.15) is 33.0 Å². The van der Waals surface area contributed by atoms with E-state index in [4.69, 9.17) is 16.3 Å². The average Bonchev–Trinajstić information content (AvgIpc) is 3.42. The molecule has 7 nitrogen and oxygen atoms in total. The van der Waals surface area contributed by atoms with Crippen LogP contribution in [0.3, 0.4) is 0 Å². The van der Waals surface area contributed by atoms with Gasteiger partial charge >= 0.3 is 0 Å².